The van der Waals surface area contributed by atoms with Crippen LogP contribution in [0.25, 0.3) is 33.4 Å². The SMILES string of the molecule is Cc1ccc(-c2nnc3c4cc5c(cc4n(Cc4ccccc4)cc2-3)OCO5)cc1C. The van der Waals surface area contributed by atoms with E-state index in [4.69, 9.17) is 9.47 Å². The number of hydrogen-bond donors (Lipinski definition) is 0. The molecular weight excluding hydrogens is 386 g/mol. The van der Waals surface area contributed by atoms with Gasteiger partial charge < -0.3 is 14.0 Å². The Balaban J connectivity index is 1.60. The molecule has 31 heavy (non-hydrogen) atoms. The summed E-state index contributed by atoms with van der Waals surface area (Å²) in [4.78, 5) is 0. The van der Waals surface area contributed by atoms with E-state index in [0.717, 1.165) is 51.5 Å². The van der Waals surface area contributed by atoms with Crippen LogP contribution in [0.15, 0.2) is 66.9 Å². The van der Waals surface area contributed by atoms with Crippen molar-refractivity contribution >= 4 is 10.9 Å². The lowest BCUT2D eigenvalue weighted by Crippen LogP contribution is -2.04. The van der Waals surface area contributed by atoms with E-state index >= 15 is 0 Å². The Labute approximate surface area is 180 Å². The van der Waals surface area contributed by atoms with Crippen molar-refractivity contribution in [3.63, 3.8) is 0 Å². The molecule has 3 aliphatic rings. The van der Waals surface area contributed by atoms with Crippen molar-refractivity contribution in [3.8, 4) is 34.0 Å². The van der Waals surface area contributed by atoms with Crippen LogP contribution in [0.5, 0.6) is 11.5 Å². The lowest BCUT2D eigenvalue weighted by atomic mass is 9.98. The second-order valence-corrected chi connectivity index (χ2v) is 8.08. The third-order valence-electron chi connectivity index (χ3n) is 6.08. The average molecular weight is 407 g/mol. The molecule has 0 fully saturated rings. The molecule has 3 aromatic carbocycles. The quantitative estimate of drug-likeness (QED) is 0.391. The number of rotatable bonds is 3. The highest BCUT2D eigenvalue weighted by Crippen LogP contribution is 2.42. The summed E-state index contributed by atoms with van der Waals surface area (Å²) in [5.74, 6) is 1.52. The summed E-state index contributed by atoms with van der Waals surface area (Å²) in [6.45, 7) is 5.24. The molecular formula is C26H21N3O2. The van der Waals surface area contributed by atoms with Crippen molar-refractivity contribution in [2.24, 2.45) is 0 Å². The summed E-state index contributed by atoms with van der Waals surface area (Å²) in [6, 6.07) is 21.0. The normalized spacial score (nSPS) is 12.7. The smallest absolute Gasteiger partial charge is 0.231 e. The lowest BCUT2D eigenvalue weighted by Gasteiger charge is -2.16. The Bertz CT molecular complexity index is 1410. The van der Waals surface area contributed by atoms with E-state index in [9.17, 15) is 0 Å². The first-order chi connectivity index (χ1) is 15.2. The van der Waals surface area contributed by atoms with E-state index in [0.29, 0.717) is 0 Å². The molecule has 0 amide bonds. The number of aromatic nitrogens is 3. The summed E-state index contributed by atoms with van der Waals surface area (Å²) in [7, 11) is 0. The van der Waals surface area contributed by atoms with Crippen LogP contribution >= 0.6 is 0 Å². The monoisotopic (exact) mass is 407 g/mol. The van der Waals surface area contributed by atoms with Crippen LogP contribution < -0.4 is 9.47 Å². The van der Waals surface area contributed by atoms with Crippen molar-refractivity contribution in [2.75, 3.05) is 6.79 Å². The third kappa shape index (κ3) is 2.93. The summed E-state index contributed by atoms with van der Waals surface area (Å²) >= 11 is 0. The molecule has 0 radical (unpaired) electrons. The van der Waals surface area contributed by atoms with E-state index in [-0.39, 0.29) is 6.79 Å². The number of benzene rings is 3. The molecule has 0 N–H and O–H groups in total. The van der Waals surface area contributed by atoms with Gasteiger partial charge in [0.25, 0.3) is 0 Å². The van der Waals surface area contributed by atoms with E-state index < -0.39 is 0 Å². The number of fused-ring (bicyclic) bond motifs is 4. The summed E-state index contributed by atoms with van der Waals surface area (Å²) < 4.78 is 13.6. The van der Waals surface area contributed by atoms with Gasteiger partial charge in [-0.25, -0.2) is 0 Å². The zero-order valence-corrected chi connectivity index (χ0v) is 17.4. The van der Waals surface area contributed by atoms with Crippen LogP contribution in [0.2, 0.25) is 0 Å². The predicted octanol–water partition coefficient (Wildman–Crippen LogP) is 5.60. The molecule has 0 spiro atoms. The molecule has 0 atom stereocenters. The summed E-state index contributed by atoms with van der Waals surface area (Å²) in [5, 5.41) is 10.2. The van der Waals surface area contributed by atoms with Gasteiger partial charge in [0.1, 0.15) is 11.4 Å². The molecule has 5 nitrogen and oxygen atoms in total. The van der Waals surface area contributed by atoms with Crippen LogP contribution in [0.1, 0.15) is 16.7 Å². The van der Waals surface area contributed by atoms with Crippen LogP contribution in [-0.4, -0.2) is 21.6 Å². The molecule has 5 heteroatoms. The molecule has 3 aliphatic heterocycles. The fourth-order valence-corrected chi connectivity index (χ4v) is 4.24. The second-order valence-electron chi connectivity index (χ2n) is 8.08. The summed E-state index contributed by atoms with van der Waals surface area (Å²) in [6.07, 6.45) is 2.16. The molecule has 3 aromatic rings. The molecule has 6 rings (SSSR count). The van der Waals surface area contributed by atoms with Crippen molar-refractivity contribution < 1.29 is 9.47 Å². The third-order valence-corrected chi connectivity index (χ3v) is 6.08. The number of ether oxygens (including phenoxy) is 2. The highest BCUT2D eigenvalue weighted by molar-refractivity contribution is 5.99. The van der Waals surface area contributed by atoms with Gasteiger partial charge in [0.15, 0.2) is 11.5 Å². The number of hydrogen-bond acceptors (Lipinski definition) is 4. The zero-order valence-electron chi connectivity index (χ0n) is 17.4. The van der Waals surface area contributed by atoms with E-state index in [1.54, 1.807) is 0 Å². The van der Waals surface area contributed by atoms with Gasteiger partial charge in [0.05, 0.1) is 5.52 Å². The molecule has 3 heterocycles. The Morgan fingerprint density at radius 1 is 0.839 bits per heavy atom. The molecule has 0 saturated carbocycles. The van der Waals surface area contributed by atoms with Gasteiger partial charge in [-0.05, 0) is 42.7 Å². The van der Waals surface area contributed by atoms with Crippen molar-refractivity contribution in [1.82, 2.24) is 14.8 Å². The second kappa shape index (κ2) is 6.84. The van der Waals surface area contributed by atoms with Gasteiger partial charge >= 0.3 is 0 Å². The van der Waals surface area contributed by atoms with Crippen LogP contribution in [-0.2, 0) is 6.54 Å². The van der Waals surface area contributed by atoms with Crippen molar-refractivity contribution in [1.29, 1.82) is 0 Å². The Hall–Kier alpha value is -3.86. The predicted molar refractivity (Wildman–Crippen MR) is 121 cm³/mol. The highest BCUT2D eigenvalue weighted by Gasteiger charge is 2.24. The van der Waals surface area contributed by atoms with Gasteiger partial charge in [-0.3, -0.25) is 0 Å². The molecule has 0 aliphatic carbocycles. The number of pyridine rings is 1. The zero-order chi connectivity index (χ0) is 20.9. The van der Waals surface area contributed by atoms with E-state index in [2.05, 4.69) is 77.3 Å². The molecule has 0 bridgehead atoms. The standard InChI is InChI=1S/C26H21N3O2/c1-16-8-9-19(10-17(16)2)25-21-14-29(13-18-6-4-3-5-7-18)22-12-24-23(30-15-31-24)11-20(22)26(21)28-27-25/h3-12,14H,13,15H2,1-2H3. The molecule has 0 unspecified atom stereocenters. The van der Waals surface area contributed by atoms with Crippen LogP contribution in [0, 0.1) is 13.8 Å². The average Bonchev–Trinajstić information content (AvgIpc) is 3.42. The Kier molecular flexibility index (Phi) is 3.96. The van der Waals surface area contributed by atoms with Gasteiger partial charge in [-0.15, -0.1) is 10.2 Å². The van der Waals surface area contributed by atoms with Crippen LogP contribution in [0.3, 0.4) is 0 Å². The van der Waals surface area contributed by atoms with E-state index in [1.165, 1.54) is 16.7 Å². The number of nitrogens with zero attached hydrogens (tertiary/aromatic N) is 3. The van der Waals surface area contributed by atoms with Crippen molar-refractivity contribution in [3.05, 3.63) is 83.6 Å². The Morgan fingerprint density at radius 3 is 2.42 bits per heavy atom. The largest absolute Gasteiger partial charge is 0.454 e. The van der Waals surface area contributed by atoms with Gasteiger partial charge in [0.2, 0.25) is 6.79 Å². The first kappa shape index (κ1) is 18.0. The fraction of sp³-hybridized carbons (Fsp3) is 0.154. The van der Waals surface area contributed by atoms with Gasteiger partial charge in [-0.1, -0.05) is 42.5 Å². The minimum Gasteiger partial charge on any atom is -0.454 e. The van der Waals surface area contributed by atoms with Crippen molar-refractivity contribution in [2.45, 2.75) is 20.4 Å². The lowest BCUT2D eigenvalue weighted by molar-refractivity contribution is 0.174. The first-order valence-corrected chi connectivity index (χ1v) is 10.4. The first-order valence-electron chi connectivity index (χ1n) is 10.4. The maximum Gasteiger partial charge on any atom is 0.231 e. The molecule has 152 valence electrons. The molecule has 0 aromatic heterocycles. The topological polar surface area (TPSA) is 49.2 Å². The minimum absolute atomic E-state index is 0.244. The van der Waals surface area contributed by atoms with Crippen LogP contribution in [0.4, 0.5) is 0 Å². The number of aryl methyl sites for hydroxylation is 2. The van der Waals surface area contributed by atoms with Gasteiger partial charge in [-0.2, -0.15) is 0 Å². The maximum atomic E-state index is 5.65. The fourth-order valence-electron chi connectivity index (χ4n) is 4.24. The van der Waals surface area contributed by atoms with E-state index in [1.807, 2.05) is 18.2 Å². The maximum absolute atomic E-state index is 5.65. The Morgan fingerprint density at radius 2 is 1.61 bits per heavy atom. The molecule has 0 saturated heterocycles. The minimum atomic E-state index is 0.244. The van der Waals surface area contributed by atoms with Gasteiger partial charge in [0, 0.05) is 35.3 Å². The highest BCUT2D eigenvalue weighted by atomic mass is 16.7. The summed E-state index contributed by atoms with van der Waals surface area (Å²) in [5.41, 5.74) is 8.69.